The van der Waals surface area contributed by atoms with E-state index >= 15 is 0 Å². The van der Waals surface area contributed by atoms with E-state index in [2.05, 4.69) is 15.4 Å². The number of carbonyl (C=O) groups is 2. The molecule has 0 fully saturated rings. The van der Waals surface area contributed by atoms with Gasteiger partial charge in [0, 0.05) is 25.1 Å². The molecule has 2 rings (SSSR count). The van der Waals surface area contributed by atoms with Gasteiger partial charge in [-0.25, -0.2) is 4.68 Å². The zero-order chi connectivity index (χ0) is 16.8. The zero-order valence-electron chi connectivity index (χ0n) is 13.1. The number of hydrogen-bond acceptors (Lipinski definition) is 4. The van der Waals surface area contributed by atoms with Crippen LogP contribution in [0.5, 0.6) is 0 Å². The van der Waals surface area contributed by atoms with E-state index in [1.54, 1.807) is 35.3 Å². The predicted octanol–water partition coefficient (Wildman–Crippen LogP) is 1.74. The van der Waals surface area contributed by atoms with E-state index in [4.69, 9.17) is 0 Å². The monoisotopic (exact) mass is 316 g/mol. The van der Waals surface area contributed by atoms with Crippen LogP contribution in [0, 0.1) is 11.8 Å². The van der Waals surface area contributed by atoms with Gasteiger partial charge in [-0.05, 0) is 30.5 Å². The molecule has 0 bridgehead atoms. The highest BCUT2D eigenvalue weighted by molar-refractivity contribution is 5.93. The summed E-state index contributed by atoms with van der Waals surface area (Å²) in [4.78, 5) is 27.4. The number of nitrogens with one attached hydrogen (secondary N) is 1. The minimum absolute atomic E-state index is 0.0834. The zero-order valence-corrected chi connectivity index (χ0v) is 13.1. The molecule has 0 saturated carbocycles. The summed E-state index contributed by atoms with van der Waals surface area (Å²) in [6, 6.07) is 5.13. The first-order valence-electron chi connectivity index (χ1n) is 7.44. The number of rotatable bonds is 7. The van der Waals surface area contributed by atoms with Gasteiger partial charge in [0.2, 0.25) is 0 Å². The van der Waals surface area contributed by atoms with E-state index in [0.29, 0.717) is 12.1 Å². The van der Waals surface area contributed by atoms with Crippen molar-refractivity contribution in [3.63, 3.8) is 0 Å². The largest absolute Gasteiger partial charge is 0.481 e. The third-order valence-electron chi connectivity index (χ3n) is 3.36. The Bertz CT molecular complexity index is 668. The molecule has 0 aliphatic rings. The normalized spacial score (nSPS) is 12.1. The summed E-state index contributed by atoms with van der Waals surface area (Å²) in [5.74, 6) is -1.66. The number of pyridine rings is 1. The molecule has 122 valence electrons. The van der Waals surface area contributed by atoms with Crippen LogP contribution in [0.1, 0.15) is 30.8 Å². The number of hydrogen-bond donors (Lipinski definition) is 2. The molecule has 1 amide bonds. The number of amides is 1. The second kappa shape index (κ2) is 7.53. The maximum Gasteiger partial charge on any atom is 0.308 e. The highest BCUT2D eigenvalue weighted by Gasteiger charge is 2.20. The smallest absolute Gasteiger partial charge is 0.308 e. The molecule has 2 N–H and O–H groups in total. The minimum atomic E-state index is -0.905. The molecule has 0 spiro atoms. The molecule has 7 heteroatoms. The fourth-order valence-corrected chi connectivity index (χ4v) is 2.25. The predicted molar refractivity (Wildman–Crippen MR) is 84.3 cm³/mol. The Balaban J connectivity index is 2.03. The summed E-state index contributed by atoms with van der Waals surface area (Å²) >= 11 is 0. The number of aliphatic carboxylic acids is 1. The van der Waals surface area contributed by atoms with Crippen LogP contribution in [0.15, 0.2) is 36.8 Å². The topological polar surface area (TPSA) is 97.1 Å². The number of carboxylic acids is 1. The maximum absolute atomic E-state index is 12.2. The maximum atomic E-state index is 12.2. The number of aromatic nitrogens is 3. The molecule has 0 radical (unpaired) electrons. The van der Waals surface area contributed by atoms with Crippen molar-refractivity contribution in [1.29, 1.82) is 0 Å². The van der Waals surface area contributed by atoms with Crippen molar-refractivity contribution in [2.24, 2.45) is 11.8 Å². The van der Waals surface area contributed by atoms with Gasteiger partial charge < -0.3 is 10.4 Å². The lowest BCUT2D eigenvalue weighted by atomic mass is 9.97. The van der Waals surface area contributed by atoms with Gasteiger partial charge in [0.25, 0.3) is 5.91 Å². The second-order valence-electron chi connectivity index (χ2n) is 5.72. The highest BCUT2D eigenvalue weighted by Crippen LogP contribution is 2.12. The average molecular weight is 316 g/mol. The molecule has 0 aromatic carbocycles. The van der Waals surface area contributed by atoms with Gasteiger partial charge in [0.15, 0.2) is 0 Å². The van der Waals surface area contributed by atoms with Crippen LogP contribution in [0.25, 0.3) is 5.69 Å². The summed E-state index contributed by atoms with van der Waals surface area (Å²) in [6.07, 6.45) is 5.44. The Morgan fingerprint density at radius 3 is 2.74 bits per heavy atom. The van der Waals surface area contributed by atoms with E-state index in [0.717, 1.165) is 0 Å². The minimum Gasteiger partial charge on any atom is -0.481 e. The highest BCUT2D eigenvalue weighted by atomic mass is 16.4. The van der Waals surface area contributed by atoms with Gasteiger partial charge in [-0.2, -0.15) is 5.10 Å². The first-order valence-corrected chi connectivity index (χ1v) is 7.44. The van der Waals surface area contributed by atoms with Crippen molar-refractivity contribution in [3.05, 3.63) is 42.5 Å². The van der Waals surface area contributed by atoms with Crippen LogP contribution in [-0.4, -0.2) is 38.3 Å². The van der Waals surface area contributed by atoms with Crippen molar-refractivity contribution in [2.45, 2.75) is 20.3 Å². The second-order valence-corrected chi connectivity index (χ2v) is 5.72. The summed E-state index contributed by atoms with van der Waals surface area (Å²) in [7, 11) is 0. The van der Waals surface area contributed by atoms with E-state index in [1.165, 1.54) is 6.20 Å². The first-order chi connectivity index (χ1) is 11.0. The van der Waals surface area contributed by atoms with Crippen LogP contribution in [0.3, 0.4) is 0 Å². The third-order valence-corrected chi connectivity index (χ3v) is 3.36. The van der Waals surface area contributed by atoms with E-state index in [-0.39, 0.29) is 18.2 Å². The van der Waals surface area contributed by atoms with Crippen LogP contribution in [0.2, 0.25) is 0 Å². The van der Waals surface area contributed by atoms with Gasteiger partial charge >= 0.3 is 5.97 Å². The van der Waals surface area contributed by atoms with Crippen molar-refractivity contribution in [3.8, 4) is 5.69 Å². The molecule has 0 aliphatic heterocycles. The van der Waals surface area contributed by atoms with Crippen molar-refractivity contribution < 1.29 is 14.7 Å². The third kappa shape index (κ3) is 4.64. The Hall–Kier alpha value is -2.70. The molecule has 2 aromatic heterocycles. The molecule has 2 heterocycles. The van der Waals surface area contributed by atoms with Crippen LogP contribution >= 0.6 is 0 Å². The lowest BCUT2D eigenvalue weighted by molar-refractivity contribution is -0.142. The fraction of sp³-hybridized carbons (Fsp3) is 0.375. The average Bonchev–Trinajstić information content (AvgIpc) is 3.05. The summed E-state index contributed by atoms with van der Waals surface area (Å²) in [6.45, 7) is 3.99. The molecular weight excluding hydrogens is 296 g/mol. The summed E-state index contributed by atoms with van der Waals surface area (Å²) < 4.78 is 1.62. The van der Waals surface area contributed by atoms with Crippen molar-refractivity contribution in [1.82, 2.24) is 20.1 Å². The van der Waals surface area contributed by atoms with Gasteiger partial charge in [-0.1, -0.05) is 13.8 Å². The fourth-order valence-electron chi connectivity index (χ4n) is 2.25. The van der Waals surface area contributed by atoms with Crippen molar-refractivity contribution in [2.75, 3.05) is 6.54 Å². The van der Waals surface area contributed by atoms with Gasteiger partial charge in [-0.3, -0.25) is 14.6 Å². The molecule has 0 aliphatic carbocycles. The Morgan fingerprint density at radius 1 is 1.35 bits per heavy atom. The van der Waals surface area contributed by atoms with Crippen LogP contribution in [0.4, 0.5) is 0 Å². The Morgan fingerprint density at radius 2 is 2.13 bits per heavy atom. The van der Waals surface area contributed by atoms with Gasteiger partial charge in [0.05, 0.1) is 11.6 Å². The summed E-state index contributed by atoms with van der Waals surface area (Å²) in [5.41, 5.74) is 0.943. The lowest BCUT2D eigenvalue weighted by Crippen LogP contribution is -2.34. The Labute approximate surface area is 134 Å². The Kier molecular flexibility index (Phi) is 5.46. The van der Waals surface area contributed by atoms with E-state index in [1.807, 2.05) is 13.8 Å². The van der Waals surface area contributed by atoms with Gasteiger partial charge in [-0.15, -0.1) is 0 Å². The molecule has 0 saturated heterocycles. The molecule has 23 heavy (non-hydrogen) atoms. The number of nitrogens with zero attached hydrogens (tertiary/aromatic N) is 3. The SMILES string of the molecule is CC(C)CC(CNC(=O)c1cc(-n2cccn2)ccn1)C(=O)O. The molecule has 1 unspecified atom stereocenters. The van der Waals surface area contributed by atoms with E-state index in [9.17, 15) is 14.7 Å². The van der Waals surface area contributed by atoms with Gasteiger partial charge in [0.1, 0.15) is 5.69 Å². The molecule has 2 aromatic rings. The quantitative estimate of drug-likeness (QED) is 0.811. The first kappa shape index (κ1) is 16.7. The standard InChI is InChI=1S/C16H20N4O3/c1-11(2)8-12(16(22)23)10-18-15(21)14-9-13(4-6-17-14)20-7-3-5-19-20/h3-7,9,11-12H,8,10H2,1-2H3,(H,18,21)(H,22,23). The number of carboxylic acid groups (broad SMARTS) is 1. The molecule has 1 atom stereocenters. The lowest BCUT2D eigenvalue weighted by Gasteiger charge is -2.15. The van der Waals surface area contributed by atoms with Crippen LogP contribution < -0.4 is 5.32 Å². The number of carbonyl (C=O) groups excluding carboxylic acids is 1. The van der Waals surface area contributed by atoms with Crippen molar-refractivity contribution >= 4 is 11.9 Å². The molecule has 7 nitrogen and oxygen atoms in total. The summed E-state index contributed by atoms with van der Waals surface area (Å²) in [5, 5.41) is 15.9. The van der Waals surface area contributed by atoms with Crippen LogP contribution in [-0.2, 0) is 4.79 Å². The van der Waals surface area contributed by atoms with E-state index < -0.39 is 17.8 Å². The molecular formula is C16H20N4O3.